The molecule has 2 aliphatic rings. The second-order valence-electron chi connectivity index (χ2n) is 4.89. The normalized spacial score (nSPS) is 30.6. The Morgan fingerprint density at radius 1 is 1.50 bits per heavy atom. The van der Waals surface area contributed by atoms with Crippen molar-refractivity contribution in [2.75, 3.05) is 19.6 Å². The highest BCUT2D eigenvalue weighted by Gasteiger charge is 2.33. The third-order valence-corrected chi connectivity index (χ3v) is 5.36. The predicted molar refractivity (Wildman–Crippen MR) is 71.8 cm³/mol. The lowest BCUT2D eigenvalue weighted by Gasteiger charge is -2.24. The van der Waals surface area contributed by atoms with E-state index in [1.165, 1.54) is 41.8 Å². The fourth-order valence-corrected chi connectivity index (χ4v) is 4.41. The van der Waals surface area contributed by atoms with E-state index < -0.39 is 0 Å². The molecule has 0 unspecified atom stereocenters. The van der Waals surface area contributed by atoms with E-state index in [0.29, 0.717) is 0 Å². The Balaban J connectivity index is 1.61. The Kier molecular flexibility index (Phi) is 3.34. The molecule has 4 heteroatoms. The molecule has 0 radical (unpaired) electrons. The maximum Gasteiger partial charge on any atom is 0.0329 e. The second-order valence-corrected chi connectivity index (χ2v) is 6.80. The van der Waals surface area contributed by atoms with E-state index in [1.54, 1.807) is 0 Å². The lowest BCUT2D eigenvalue weighted by atomic mass is 9.94. The van der Waals surface area contributed by atoms with E-state index in [-0.39, 0.29) is 0 Å². The van der Waals surface area contributed by atoms with E-state index in [1.807, 2.05) is 11.3 Å². The molecule has 2 nitrogen and oxygen atoms in total. The second kappa shape index (κ2) is 4.77. The molecule has 2 saturated heterocycles. The van der Waals surface area contributed by atoms with Crippen LogP contribution in [0.1, 0.15) is 17.7 Å². The number of nitrogens with zero attached hydrogens (tertiary/aromatic N) is 1. The molecule has 2 fully saturated rings. The minimum Gasteiger partial charge on any atom is -0.312 e. The maximum atomic E-state index is 3.65. The summed E-state index contributed by atoms with van der Waals surface area (Å²) in [6.07, 6.45) is 2.78. The molecule has 0 spiro atoms. The van der Waals surface area contributed by atoms with E-state index in [9.17, 15) is 0 Å². The van der Waals surface area contributed by atoms with Gasteiger partial charge in [-0.3, -0.25) is 4.90 Å². The van der Waals surface area contributed by atoms with E-state index in [2.05, 4.69) is 37.6 Å². The number of halogens is 1. The minimum atomic E-state index is 0.761. The van der Waals surface area contributed by atoms with Gasteiger partial charge in [-0.05, 0) is 47.3 Å². The number of hydrogen-bond donors (Lipinski definition) is 1. The number of rotatable bonds is 2. The summed E-state index contributed by atoms with van der Waals surface area (Å²) < 4.78 is 1.22. The van der Waals surface area contributed by atoms with Crippen molar-refractivity contribution < 1.29 is 0 Å². The summed E-state index contributed by atoms with van der Waals surface area (Å²) in [5.74, 6) is 0.900. The van der Waals surface area contributed by atoms with Crippen molar-refractivity contribution in [1.82, 2.24) is 10.2 Å². The Bertz CT molecular complexity index is 352. The third-order valence-electron chi connectivity index (χ3n) is 3.68. The molecule has 1 N–H and O–H groups in total. The molecule has 1 aromatic heterocycles. The Labute approximate surface area is 109 Å². The van der Waals surface area contributed by atoms with Crippen LogP contribution in [0.3, 0.4) is 0 Å². The summed E-state index contributed by atoms with van der Waals surface area (Å²) in [6.45, 7) is 4.87. The van der Waals surface area contributed by atoms with E-state index >= 15 is 0 Å². The van der Waals surface area contributed by atoms with Gasteiger partial charge in [0.05, 0.1) is 0 Å². The molecule has 16 heavy (non-hydrogen) atoms. The van der Waals surface area contributed by atoms with Gasteiger partial charge in [0.2, 0.25) is 0 Å². The Hall–Kier alpha value is 0.1000. The summed E-state index contributed by atoms with van der Waals surface area (Å²) in [7, 11) is 0. The van der Waals surface area contributed by atoms with Crippen molar-refractivity contribution >= 4 is 27.3 Å². The fraction of sp³-hybridized carbons (Fsp3) is 0.667. The largest absolute Gasteiger partial charge is 0.312 e. The summed E-state index contributed by atoms with van der Waals surface area (Å²) in [5, 5.41) is 5.83. The SMILES string of the molecule is Brc1csc(CN2C[C@@H]3CCCN[C@@H]3C2)c1. The lowest BCUT2D eigenvalue weighted by molar-refractivity contribution is 0.315. The van der Waals surface area contributed by atoms with Gasteiger partial charge in [-0.1, -0.05) is 0 Å². The van der Waals surface area contributed by atoms with Crippen LogP contribution in [0.25, 0.3) is 0 Å². The molecule has 1 aromatic rings. The Morgan fingerprint density at radius 3 is 3.19 bits per heavy atom. The quantitative estimate of drug-likeness (QED) is 0.903. The van der Waals surface area contributed by atoms with Crippen molar-refractivity contribution in [3.8, 4) is 0 Å². The first kappa shape index (κ1) is 11.2. The highest BCUT2D eigenvalue weighted by atomic mass is 79.9. The number of fused-ring (bicyclic) bond motifs is 1. The monoisotopic (exact) mass is 300 g/mol. The zero-order valence-corrected chi connectivity index (χ0v) is 11.7. The molecule has 0 amide bonds. The molecular weight excluding hydrogens is 284 g/mol. The fourth-order valence-electron chi connectivity index (χ4n) is 2.92. The van der Waals surface area contributed by atoms with Crippen LogP contribution >= 0.6 is 27.3 Å². The van der Waals surface area contributed by atoms with Gasteiger partial charge < -0.3 is 5.32 Å². The highest BCUT2D eigenvalue weighted by molar-refractivity contribution is 9.10. The molecule has 2 atom stereocenters. The van der Waals surface area contributed by atoms with Gasteiger partial charge in [0.25, 0.3) is 0 Å². The van der Waals surface area contributed by atoms with Crippen LogP contribution in [0.4, 0.5) is 0 Å². The summed E-state index contributed by atoms with van der Waals surface area (Å²) >= 11 is 5.38. The first-order chi connectivity index (χ1) is 7.81. The van der Waals surface area contributed by atoms with Crippen molar-refractivity contribution in [2.45, 2.75) is 25.4 Å². The number of thiophene rings is 1. The van der Waals surface area contributed by atoms with Crippen molar-refractivity contribution in [1.29, 1.82) is 0 Å². The number of piperidine rings is 1. The average Bonchev–Trinajstić information content (AvgIpc) is 2.84. The number of likely N-dealkylation sites (tertiary alicyclic amines) is 1. The van der Waals surface area contributed by atoms with Crippen LogP contribution in [0, 0.1) is 5.92 Å². The first-order valence-corrected chi connectivity index (χ1v) is 7.67. The average molecular weight is 301 g/mol. The van der Waals surface area contributed by atoms with E-state index in [4.69, 9.17) is 0 Å². The number of nitrogens with one attached hydrogen (secondary N) is 1. The molecule has 2 aliphatic heterocycles. The summed E-state index contributed by atoms with van der Waals surface area (Å²) in [4.78, 5) is 4.08. The smallest absolute Gasteiger partial charge is 0.0329 e. The number of hydrogen-bond acceptors (Lipinski definition) is 3. The standard InChI is InChI=1S/C12H17BrN2S/c13-10-4-11(16-8-10)6-15-5-9-2-1-3-14-12(9)7-15/h4,8-9,12,14H,1-3,5-7H2/t9-,12+/m0/s1. The zero-order valence-electron chi connectivity index (χ0n) is 9.29. The van der Waals surface area contributed by atoms with Gasteiger partial charge in [-0.25, -0.2) is 0 Å². The zero-order chi connectivity index (χ0) is 11.0. The molecule has 0 bridgehead atoms. The predicted octanol–water partition coefficient (Wildman–Crippen LogP) is 2.69. The van der Waals surface area contributed by atoms with Crippen LogP contribution in [0.2, 0.25) is 0 Å². The molecular formula is C12H17BrN2S. The first-order valence-electron chi connectivity index (χ1n) is 6.00. The van der Waals surface area contributed by atoms with Gasteiger partial charge in [0.15, 0.2) is 0 Å². The Morgan fingerprint density at radius 2 is 2.44 bits per heavy atom. The van der Waals surface area contributed by atoms with Gasteiger partial charge in [-0.15, -0.1) is 11.3 Å². The molecule has 0 aromatic carbocycles. The van der Waals surface area contributed by atoms with Gasteiger partial charge in [0, 0.05) is 40.4 Å². The van der Waals surface area contributed by atoms with Gasteiger partial charge in [0.1, 0.15) is 0 Å². The van der Waals surface area contributed by atoms with Crippen molar-refractivity contribution in [3.63, 3.8) is 0 Å². The molecule has 88 valence electrons. The molecule has 0 saturated carbocycles. The van der Waals surface area contributed by atoms with Crippen LogP contribution in [-0.4, -0.2) is 30.6 Å². The highest BCUT2D eigenvalue weighted by Crippen LogP contribution is 2.28. The molecule has 3 heterocycles. The van der Waals surface area contributed by atoms with Gasteiger partial charge >= 0.3 is 0 Å². The van der Waals surface area contributed by atoms with Crippen LogP contribution in [-0.2, 0) is 6.54 Å². The topological polar surface area (TPSA) is 15.3 Å². The summed E-state index contributed by atoms with van der Waals surface area (Å²) in [5.41, 5.74) is 0. The molecule has 0 aliphatic carbocycles. The van der Waals surface area contributed by atoms with Crippen LogP contribution < -0.4 is 5.32 Å². The van der Waals surface area contributed by atoms with Crippen molar-refractivity contribution in [2.24, 2.45) is 5.92 Å². The maximum absolute atomic E-state index is 3.65. The van der Waals surface area contributed by atoms with Crippen LogP contribution in [0.15, 0.2) is 15.9 Å². The van der Waals surface area contributed by atoms with E-state index in [0.717, 1.165) is 18.5 Å². The summed E-state index contributed by atoms with van der Waals surface area (Å²) in [6, 6.07) is 3.01. The van der Waals surface area contributed by atoms with Gasteiger partial charge in [-0.2, -0.15) is 0 Å². The van der Waals surface area contributed by atoms with Crippen LogP contribution in [0.5, 0.6) is 0 Å². The van der Waals surface area contributed by atoms with Crippen molar-refractivity contribution in [3.05, 3.63) is 20.8 Å². The third kappa shape index (κ3) is 2.35. The lowest BCUT2D eigenvalue weighted by Crippen LogP contribution is -2.40. The molecule has 3 rings (SSSR count). The minimum absolute atomic E-state index is 0.761.